The number of ether oxygens (including phenoxy) is 3. The van der Waals surface area contributed by atoms with Gasteiger partial charge in [-0.3, -0.25) is 4.79 Å². The van der Waals surface area contributed by atoms with Gasteiger partial charge in [0.2, 0.25) is 5.91 Å². The Bertz CT molecular complexity index is 1360. The number of benzene rings is 1. The monoisotopic (exact) mass is 647 g/mol. The van der Waals surface area contributed by atoms with Crippen LogP contribution in [0.3, 0.4) is 0 Å². The number of amides is 2. The molecule has 2 atom stereocenters. The van der Waals surface area contributed by atoms with Gasteiger partial charge in [-0.1, -0.05) is 29.3 Å². The van der Waals surface area contributed by atoms with Gasteiger partial charge in [0.05, 0.1) is 37.7 Å². The van der Waals surface area contributed by atoms with Crippen molar-refractivity contribution in [1.82, 2.24) is 25.4 Å². The first kappa shape index (κ1) is 33.2. The van der Waals surface area contributed by atoms with Crippen LogP contribution < -0.4 is 16.1 Å². The van der Waals surface area contributed by atoms with E-state index >= 15 is 0 Å². The lowest BCUT2D eigenvalue weighted by molar-refractivity contribution is -0.119. The molecule has 0 aliphatic carbocycles. The van der Waals surface area contributed by atoms with Gasteiger partial charge in [0.1, 0.15) is 16.9 Å². The summed E-state index contributed by atoms with van der Waals surface area (Å²) in [5, 5.41) is 15.2. The van der Waals surface area contributed by atoms with Crippen molar-refractivity contribution in [1.29, 1.82) is 0 Å². The Labute approximate surface area is 263 Å². The summed E-state index contributed by atoms with van der Waals surface area (Å²) in [6.07, 6.45) is -0.472. The van der Waals surface area contributed by atoms with E-state index < -0.39 is 20.7 Å². The van der Waals surface area contributed by atoms with E-state index in [0.717, 1.165) is 22.5 Å². The van der Waals surface area contributed by atoms with Crippen LogP contribution >= 0.6 is 23.4 Å². The number of halogens is 1. The summed E-state index contributed by atoms with van der Waals surface area (Å²) in [5.41, 5.74) is 3.51. The van der Waals surface area contributed by atoms with Crippen molar-refractivity contribution in [2.24, 2.45) is 10.6 Å². The Morgan fingerprint density at radius 1 is 1.00 bits per heavy atom. The van der Waals surface area contributed by atoms with Crippen LogP contribution in [0.15, 0.2) is 39.4 Å². The Hall–Kier alpha value is -2.71. The van der Waals surface area contributed by atoms with Gasteiger partial charge in [0, 0.05) is 29.9 Å². The molecule has 1 aromatic carbocycles. The molecule has 0 fully saturated rings. The average molecular weight is 648 g/mol. The Kier molecular flexibility index (Phi) is 11.5. The van der Waals surface area contributed by atoms with Gasteiger partial charge in [-0.15, -0.1) is 22.0 Å². The minimum atomic E-state index is -1.78. The topological polar surface area (TPSA) is 129 Å². The van der Waals surface area contributed by atoms with Gasteiger partial charge < -0.3 is 34.1 Å². The quantitative estimate of drug-likeness (QED) is 0.263. The van der Waals surface area contributed by atoms with E-state index in [-0.39, 0.29) is 23.2 Å². The SMILES string of the molecule is CC1=C(C)C2C(c3ccc(Cl)cc3)=N[Si](CC(=O)NCCOCCOCCNC(=O)OC(C)(C)C)c3nnc(C)n3C2S1. The summed E-state index contributed by atoms with van der Waals surface area (Å²) < 4.78 is 23.7. The summed E-state index contributed by atoms with van der Waals surface area (Å²) in [7, 11) is -1.78. The number of rotatable bonds is 12. The van der Waals surface area contributed by atoms with E-state index in [9.17, 15) is 9.59 Å². The molecule has 0 spiro atoms. The van der Waals surface area contributed by atoms with Crippen LogP contribution in [0.4, 0.5) is 4.79 Å². The number of nitrogens with one attached hydrogen (secondary N) is 2. The fraction of sp³-hybridized carbons (Fsp3) is 0.552. The maximum absolute atomic E-state index is 13.1. The normalized spacial score (nSPS) is 18.5. The molecule has 43 heavy (non-hydrogen) atoms. The second-order valence-corrected chi connectivity index (χ2v) is 15.0. The summed E-state index contributed by atoms with van der Waals surface area (Å²) in [5.74, 6) is 0.775. The van der Waals surface area contributed by atoms with Crippen LogP contribution in [-0.4, -0.2) is 86.6 Å². The highest BCUT2D eigenvalue weighted by Gasteiger charge is 2.43. The van der Waals surface area contributed by atoms with Crippen LogP contribution in [0.1, 0.15) is 51.4 Å². The standard InChI is InChI=1S/C29H40ClN6O5SSi/c1-18-19(2)42-26-24(18)25(21-7-9-22(30)10-8-21)35-43(27-34-33-20(3)36(26)27)17-23(37)31-11-13-39-15-16-40-14-12-32-28(38)41-29(4,5)6/h7-10,24,26H,11-17H2,1-6H3,(H,31,37)(H,32,38). The number of carbonyl (C=O) groups is 2. The van der Waals surface area contributed by atoms with Crippen molar-refractivity contribution in [3.8, 4) is 0 Å². The third-order valence-electron chi connectivity index (χ3n) is 6.86. The highest BCUT2D eigenvalue weighted by atomic mass is 35.5. The van der Waals surface area contributed by atoms with Crippen molar-refractivity contribution < 1.29 is 23.8 Å². The molecule has 4 rings (SSSR count). The van der Waals surface area contributed by atoms with Crippen LogP contribution in [0.25, 0.3) is 0 Å². The maximum atomic E-state index is 13.1. The van der Waals surface area contributed by atoms with Crippen molar-refractivity contribution >= 4 is 55.5 Å². The van der Waals surface area contributed by atoms with Crippen molar-refractivity contribution in [3.63, 3.8) is 0 Å². The van der Waals surface area contributed by atoms with Crippen LogP contribution in [0.5, 0.6) is 0 Å². The number of thioether (sulfide) groups is 1. The molecule has 2 unspecified atom stereocenters. The van der Waals surface area contributed by atoms with Gasteiger partial charge in [-0.25, -0.2) is 4.79 Å². The zero-order chi connectivity index (χ0) is 31.1. The largest absolute Gasteiger partial charge is 0.444 e. The molecule has 0 saturated carbocycles. The van der Waals surface area contributed by atoms with Gasteiger partial charge in [0.15, 0.2) is 0 Å². The third kappa shape index (κ3) is 8.91. The van der Waals surface area contributed by atoms with Crippen LogP contribution in [-0.2, 0) is 19.0 Å². The number of aromatic nitrogens is 3. The van der Waals surface area contributed by atoms with E-state index in [4.69, 9.17) is 30.5 Å². The first-order chi connectivity index (χ1) is 20.4. The summed E-state index contributed by atoms with van der Waals surface area (Å²) in [4.78, 5) is 26.0. The smallest absolute Gasteiger partial charge is 0.407 e. The van der Waals surface area contributed by atoms with Gasteiger partial charge in [-0.05, 0) is 64.1 Å². The maximum Gasteiger partial charge on any atom is 0.407 e. The number of allylic oxidation sites excluding steroid dienone is 2. The van der Waals surface area contributed by atoms with E-state index in [2.05, 4.69) is 39.2 Å². The molecule has 0 bridgehead atoms. The van der Waals surface area contributed by atoms with E-state index in [0.29, 0.717) is 44.5 Å². The molecule has 2 N–H and O–H groups in total. The molecule has 2 amide bonds. The zero-order valence-corrected chi connectivity index (χ0v) is 28.1. The fourth-order valence-corrected chi connectivity index (χ4v) is 8.57. The first-order valence-corrected chi connectivity index (χ1v) is 17.2. The lowest BCUT2D eigenvalue weighted by atomic mass is 9.90. The highest BCUT2D eigenvalue weighted by Crippen LogP contribution is 2.50. The molecular formula is C29H40ClN6O5SSi. The van der Waals surface area contributed by atoms with Gasteiger partial charge in [-0.2, -0.15) is 0 Å². The third-order valence-corrected chi connectivity index (χ3v) is 10.5. The van der Waals surface area contributed by atoms with E-state index in [1.165, 1.54) is 10.5 Å². The molecule has 1 aromatic heterocycles. The summed E-state index contributed by atoms with van der Waals surface area (Å²) in [6.45, 7) is 13.9. The minimum Gasteiger partial charge on any atom is -0.444 e. The lowest BCUT2D eigenvalue weighted by Gasteiger charge is -2.23. The molecule has 3 heterocycles. The zero-order valence-electron chi connectivity index (χ0n) is 25.5. The molecular weight excluding hydrogens is 608 g/mol. The van der Waals surface area contributed by atoms with Gasteiger partial charge in [0.25, 0.3) is 8.96 Å². The molecule has 233 valence electrons. The number of alkyl carbamates (subject to hydrolysis) is 1. The lowest BCUT2D eigenvalue weighted by Crippen LogP contribution is -2.41. The molecule has 11 nitrogen and oxygen atoms in total. The molecule has 2 aliphatic rings. The molecule has 2 aliphatic heterocycles. The Morgan fingerprint density at radius 3 is 2.30 bits per heavy atom. The molecule has 2 aromatic rings. The van der Waals surface area contributed by atoms with Crippen LogP contribution in [0, 0.1) is 12.8 Å². The molecule has 1 radical (unpaired) electrons. The second-order valence-electron chi connectivity index (χ2n) is 11.3. The number of hydrogen-bond acceptors (Lipinski definition) is 9. The minimum absolute atomic E-state index is 0.0497. The molecule has 14 heteroatoms. The predicted octanol–water partition coefficient (Wildman–Crippen LogP) is 3.77. The van der Waals surface area contributed by atoms with E-state index in [1.54, 1.807) is 11.8 Å². The van der Waals surface area contributed by atoms with Crippen molar-refractivity contribution in [2.75, 3.05) is 39.5 Å². The first-order valence-electron chi connectivity index (χ1n) is 14.3. The number of hydrogen-bond donors (Lipinski definition) is 2. The summed E-state index contributed by atoms with van der Waals surface area (Å²) in [6, 6.07) is 8.00. The summed E-state index contributed by atoms with van der Waals surface area (Å²) >= 11 is 8.00. The second kappa shape index (κ2) is 14.8. The Balaban J connectivity index is 1.29. The highest BCUT2D eigenvalue weighted by molar-refractivity contribution is 8.03. The number of fused-ring (bicyclic) bond motifs is 3. The number of carbonyl (C=O) groups excluding carboxylic acids is 2. The van der Waals surface area contributed by atoms with Gasteiger partial charge >= 0.3 is 6.09 Å². The molecule has 0 saturated heterocycles. The number of aryl methyl sites for hydroxylation is 1. The van der Waals surface area contributed by atoms with Crippen molar-refractivity contribution in [2.45, 2.75) is 58.6 Å². The van der Waals surface area contributed by atoms with E-state index in [1.807, 2.05) is 52.0 Å². The fourth-order valence-electron chi connectivity index (χ4n) is 4.77. The van der Waals surface area contributed by atoms with Crippen LogP contribution in [0.2, 0.25) is 11.1 Å². The predicted molar refractivity (Wildman–Crippen MR) is 170 cm³/mol. The number of nitrogens with zero attached hydrogens (tertiary/aromatic N) is 4. The Morgan fingerprint density at radius 2 is 1.65 bits per heavy atom. The average Bonchev–Trinajstić information content (AvgIpc) is 3.41. The van der Waals surface area contributed by atoms with Crippen molar-refractivity contribution in [3.05, 3.63) is 51.2 Å².